The van der Waals surface area contributed by atoms with Crippen LogP contribution in [0.15, 0.2) is 104 Å². The van der Waals surface area contributed by atoms with E-state index in [1.807, 2.05) is 12.1 Å². The smallest absolute Gasteiger partial charge is 0.503 e. The van der Waals surface area contributed by atoms with Crippen LogP contribution in [-0.4, -0.2) is 24.5 Å². The van der Waals surface area contributed by atoms with E-state index in [0.29, 0.717) is 28.5 Å². The normalized spacial score (nSPS) is 10.8. The first-order valence-corrected chi connectivity index (χ1v) is 14.6. The quantitative estimate of drug-likeness (QED) is 0.117. The van der Waals surface area contributed by atoms with Crippen molar-refractivity contribution in [3.05, 3.63) is 151 Å². The molecule has 0 radical (unpaired) electrons. The molecule has 0 saturated carbocycles. The van der Waals surface area contributed by atoms with E-state index in [9.17, 15) is 17.6 Å². The third-order valence-corrected chi connectivity index (χ3v) is 7.39. The topological polar surface area (TPSA) is 75.0 Å². The molecule has 0 aliphatic rings. The molecule has 0 aliphatic carbocycles. The standard InChI is InChI=1S/C38H17F4N5O2.2Pt/c39-24-16-32(41)36(45-20-24)22-4-1-6-26(14-22)48-28-8-10-30-31-11-9-29(19-35(31)47(34(30)18-28)38-43-12-3-13-44-38)49-27-7-2-5-23(15-27)37-33(42)17-25(40)21-46-37;;/h1-13,16-17,20-21H;;/q-4;2*+2. The summed E-state index contributed by atoms with van der Waals surface area (Å²) in [7, 11) is 0. The number of nitrogens with zero attached hydrogens (tertiary/aromatic N) is 5. The molecule has 0 bridgehead atoms. The molecule has 51 heavy (non-hydrogen) atoms. The molecule has 8 aromatic rings. The van der Waals surface area contributed by atoms with Crippen molar-refractivity contribution in [2.75, 3.05) is 0 Å². The number of aromatic nitrogens is 5. The van der Waals surface area contributed by atoms with Crippen molar-refractivity contribution in [3.63, 3.8) is 0 Å². The van der Waals surface area contributed by atoms with Crippen LogP contribution < -0.4 is 9.47 Å². The predicted octanol–water partition coefficient (Wildman–Crippen LogP) is 9.03. The molecule has 0 fully saturated rings. The number of pyridine rings is 2. The van der Waals surface area contributed by atoms with Gasteiger partial charge in [0.05, 0.1) is 12.4 Å². The van der Waals surface area contributed by atoms with Gasteiger partial charge in [-0.1, -0.05) is 23.2 Å². The Bertz CT molecular complexity index is 2380. The van der Waals surface area contributed by atoms with Gasteiger partial charge in [-0.2, -0.15) is 22.9 Å². The molecule has 4 aromatic heterocycles. The number of hydrogen-bond acceptors (Lipinski definition) is 6. The van der Waals surface area contributed by atoms with Crippen molar-refractivity contribution in [2.24, 2.45) is 0 Å². The van der Waals surface area contributed by atoms with E-state index >= 15 is 0 Å². The molecule has 8 rings (SSSR count). The number of halogens is 4. The Hall–Kier alpha value is -5.24. The van der Waals surface area contributed by atoms with E-state index < -0.39 is 23.3 Å². The first-order chi connectivity index (χ1) is 23.9. The molecule has 254 valence electrons. The first kappa shape index (κ1) is 35.6. The van der Waals surface area contributed by atoms with E-state index in [0.717, 1.165) is 35.3 Å². The molecule has 0 atom stereocenters. The van der Waals surface area contributed by atoms with E-state index in [1.165, 1.54) is 0 Å². The Kier molecular flexibility index (Phi) is 10.4. The van der Waals surface area contributed by atoms with Crippen LogP contribution in [0.25, 0.3) is 50.3 Å². The Morgan fingerprint density at radius 1 is 0.510 bits per heavy atom. The summed E-state index contributed by atoms with van der Waals surface area (Å²) in [5.74, 6) is -1.72. The Morgan fingerprint density at radius 2 is 0.961 bits per heavy atom. The minimum Gasteiger partial charge on any atom is -0.503 e. The first-order valence-electron chi connectivity index (χ1n) is 14.6. The zero-order valence-electron chi connectivity index (χ0n) is 25.5. The van der Waals surface area contributed by atoms with Crippen LogP contribution in [0.1, 0.15) is 0 Å². The SMILES string of the molecule is Fc1cnc(-c2[c-]c(Oc3[c-]c4c(cc3)c3ccc(Oc5[c-]c(-c6ncc(F)cc6F)ccc5)[c-]c3n4-c3ncccn3)ccc2)c(F)c1.[Pt+2].[Pt+2]. The summed E-state index contributed by atoms with van der Waals surface area (Å²) in [6, 6.07) is 32.6. The molecule has 7 nitrogen and oxygen atoms in total. The summed E-state index contributed by atoms with van der Waals surface area (Å²) < 4.78 is 69.6. The largest absolute Gasteiger partial charge is 2.00 e. The van der Waals surface area contributed by atoms with Crippen molar-refractivity contribution in [2.45, 2.75) is 0 Å². The fraction of sp³-hybridized carbons (Fsp3) is 0. The maximum Gasteiger partial charge on any atom is 2.00 e. The van der Waals surface area contributed by atoms with E-state index in [1.54, 1.807) is 71.6 Å². The van der Waals surface area contributed by atoms with Crippen molar-refractivity contribution in [1.82, 2.24) is 24.5 Å². The fourth-order valence-electron chi connectivity index (χ4n) is 5.31. The number of benzene rings is 4. The zero-order chi connectivity index (χ0) is 33.5. The Morgan fingerprint density at radius 3 is 1.41 bits per heavy atom. The van der Waals surface area contributed by atoms with Crippen LogP contribution in [0.5, 0.6) is 23.0 Å². The van der Waals surface area contributed by atoms with E-state index in [-0.39, 0.29) is 76.1 Å². The van der Waals surface area contributed by atoms with Gasteiger partial charge >= 0.3 is 42.1 Å². The minimum absolute atomic E-state index is 0. The van der Waals surface area contributed by atoms with Crippen LogP contribution in [0.4, 0.5) is 17.6 Å². The molecule has 0 aliphatic heterocycles. The van der Waals surface area contributed by atoms with Crippen LogP contribution >= 0.6 is 0 Å². The van der Waals surface area contributed by atoms with Gasteiger partial charge in [0.1, 0.15) is 23.3 Å². The Labute approximate surface area is 316 Å². The van der Waals surface area contributed by atoms with E-state index in [2.05, 4.69) is 44.2 Å². The molecule has 0 amide bonds. The molecular weight excluding hydrogens is 1020 g/mol. The third kappa shape index (κ3) is 7.18. The van der Waals surface area contributed by atoms with Gasteiger partial charge in [-0.3, -0.25) is 9.97 Å². The summed E-state index contributed by atoms with van der Waals surface area (Å²) in [5.41, 5.74) is 1.58. The fourth-order valence-corrected chi connectivity index (χ4v) is 5.31. The van der Waals surface area contributed by atoms with Gasteiger partial charge < -0.3 is 14.0 Å². The number of ether oxygens (including phenoxy) is 2. The van der Waals surface area contributed by atoms with Crippen molar-refractivity contribution in [3.8, 4) is 51.5 Å². The summed E-state index contributed by atoms with van der Waals surface area (Å²) in [6.07, 6.45) is 5.07. The van der Waals surface area contributed by atoms with Crippen molar-refractivity contribution < 1.29 is 69.2 Å². The van der Waals surface area contributed by atoms with Gasteiger partial charge in [-0.05, 0) is 6.07 Å². The second-order valence-electron chi connectivity index (χ2n) is 10.6. The molecule has 0 spiro atoms. The van der Waals surface area contributed by atoms with Gasteiger partial charge in [-0.25, -0.2) is 27.5 Å². The Balaban J connectivity index is 0.00000224. The van der Waals surface area contributed by atoms with E-state index in [4.69, 9.17) is 9.47 Å². The molecule has 4 heterocycles. The summed E-state index contributed by atoms with van der Waals surface area (Å²) in [5, 5.41) is 1.58. The minimum atomic E-state index is -0.822. The summed E-state index contributed by atoms with van der Waals surface area (Å²) in [4.78, 5) is 16.6. The second kappa shape index (κ2) is 14.9. The molecule has 0 N–H and O–H groups in total. The number of rotatable bonds is 7. The van der Waals surface area contributed by atoms with Gasteiger partial charge in [0.2, 0.25) is 5.95 Å². The zero-order valence-corrected chi connectivity index (χ0v) is 30.1. The predicted molar refractivity (Wildman–Crippen MR) is 171 cm³/mol. The number of fused-ring (bicyclic) bond motifs is 3. The number of hydrogen-bond donors (Lipinski definition) is 0. The van der Waals surface area contributed by atoms with Gasteiger partial charge in [0.15, 0.2) is 0 Å². The second-order valence-corrected chi connectivity index (χ2v) is 10.6. The molecule has 4 aromatic carbocycles. The molecular formula is C38H17F4N5O2Pt2. The van der Waals surface area contributed by atoms with Crippen LogP contribution in [-0.2, 0) is 42.1 Å². The molecule has 0 saturated heterocycles. The van der Waals surface area contributed by atoms with Crippen molar-refractivity contribution in [1.29, 1.82) is 0 Å². The third-order valence-electron chi connectivity index (χ3n) is 7.39. The average Bonchev–Trinajstić information content (AvgIpc) is 3.41. The monoisotopic (exact) mass is 1040 g/mol. The maximum atomic E-state index is 14.4. The van der Waals surface area contributed by atoms with Gasteiger partial charge in [0, 0.05) is 58.9 Å². The maximum absolute atomic E-state index is 14.4. The van der Waals surface area contributed by atoms with Gasteiger partial charge in [0.25, 0.3) is 0 Å². The average molecular weight is 1040 g/mol. The molecule has 0 unspecified atom stereocenters. The summed E-state index contributed by atoms with van der Waals surface area (Å²) >= 11 is 0. The van der Waals surface area contributed by atoms with Crippen LogP contribution in [0.3, 0.4) is 0 Å². The summed E-state index contributed by atoms with van der Waals surface area (Å²) in [6.45, 7) is 0. The van der Waals surface area contributed by atoms with Gasteiger partial charge in [-0.15, -0.1) is 71.8 Å². The van der Waals surface area contributed by atoms with Crippen LogP contribution in [0.2, 0.25) is 0 Å². The molecule has 13 heteroatoms. The van der Waals surface area contributed by atoms with Crippen LogP contribution in [0, 0.1) is 47.5 Å². The van der Waals surface area contributed by atoms with Crippen molar-refractivity contribution >= 4 is 21.8 Å².